The molecular formula is C12H19O4P. The third kappa shape index (κ3) is 2.15. The Morgan fingerprint density at radius 3 is 2.53 bits per heavy atom. The lowest BCUT2D eigenvalue weighted by Crippen LogP contribution is -2.30. The van der Waals surface area contributed by atoms with E-state index >= 15 is 0 Å². The van der Waals surface area contributed by atoms with Crippen molar-refractivity contribution in [2.75, 3.05) is 13.2 Å². The first-order valence-electron chi connectivity index (χ1n) is 6.01. The Bertz CT molecular complexity index is 380. The summed E-state index contributed by atoms with van der Waals surface area (Å²) in [5.74, 6) is 0. The first kappa shape index (κ1) is 13.0. The molecule has 0 aromatic carbocycles. The SMILES string of the molecule is CCOP(=O)(OCC)C(C)C12C=CC=CC1O2. The highest BCUT2D eigenvalue weighted by atomic mass is 31.2. The molecule has 0 aromatic heterocycles. The van der Waals surface area contributed by atoms with Crippen LogP contribution < -0.4 is 0 Å². The maximum atomic E-state index is 12.7. The fourth-order valence-electron chi connectivity index (χ4n) is 2.22. The van der Waals surface area contributed by atoms with Crippen molar-refractivity contribution in [1.82, 2.24) is 0 Å². The van der Waals surface area contributed by atoms with Crippen molar-refractivity contribution in [3.05, 3.63) is 24.3 Å². The summed E-state index contributed by atoms with van der Waals surface area (Å²) in [6.07, 6.45) is 7.79. The van der Waals surface area contributed by atoms with E-state index in [1.165, 1.54) is 0 Å². The average molecular weight is 258 g/mol. The molecule has 0 amide bonds. The van der Waals surface area contributed by atoms with Gasteiger partial charge in [-0.15, -0.1) is 0 Å². The number of allylic oxidation sites excluding steroid dienone is 2. The van der Waals surface area contributed by atoms with Crippen LogP contribution in [-0.4, -0.2) is 30.6 Å². The molecule has 3 atom stereocenters. The van der Waals surface area contributed by atoms with Crippen LogP contribution in [0.25, 0.3) is 0 Å². The van der Waals surface area contributed by atoms with E-state index < -0.39 is 13.2 Å². The summed E-state index contributed by atoms with van der Waals surface area (Å²) in [5.41, 5.74) is -0.782. The average Bonchev–Trinajstić information content (AvgIpc) is 3.04. The molecule has 4 nitrogen and oxygen atoms in total. The van der Waals surface area contributed by atoms with Crippen LogP contribution in [0.1, 0.15) is 20.8 Å². The maximum absolute atomic E-state index is 12.7. The van der Waals surface area contributed by atoms with Crippen molar-refractivity contribution in [3.8, 4) is 0 Å². The Labute approximate surface area is 102 Å². The molecule has 2 rings (SSSR count). The van der Waals surface area contributed by atoms with Crippen LogP contribution in [-0.2, 0) is 18.3 Å². The van der Waals surface area contributed by atoms with Crippen molar-refractivity contribution in [2.24, 2.45) is 0 Å². The molecule has 1 heterocycles. The summed E-state index contributed by atoms with van der Waals surface area (Å²) in [6.45, 7) is 6.26. The fraction of sp³-hybridized carbons (Fsp3) is 0.667. The zero-order valence-corrected chi connectivity index (χ0v) is 11.4. The summed E-state index contributed by atoms with van der Waals surface area (Å²) < 4.78 is 29.1. The third-order valence-corrected chi connectivity index (χ3v) is 5.81. The molecule has 1 aliphatic carbocycles. The van der Waals surface area contributed by atoms with Gasteiger partial charge < -0.3 is 13.8 Å². The van der Waals surface area contributed by atoms with Crippen LogP contribution >= 0.6 is 7.60 Å². The van der Waals surface area contributed by atoms with Crippen molar-refractivity contribution in [1.29, 1.82) is 0 Å². The molecule has 0 spiro atoms. The van der Waals surface area contributed by atoms with Gasteiger partial charge in [-0.3, -0.25) is 4.57 Å². The fourth-order valence-corrected chi connectivity index (χ4v) is 4.25. The molecule has 3 unspecified atom stereocenters. The summed E-state index contributed by atoms with van der Waals surface area (Å²) in [7, 11) is -3.11. The first-order valence-corrected chi connectivity index (χ1v) is 7.63. The largest absolute Gasteiger partial charge is 0.356 e. The second-order valence-electron chi connectivity index (χ2n) is 4.19. The van der Waals surface area contributed by atoms with Crippen molar-refractivity contribution >= 4 is 7.60 Å². The van der Waals surface area contributed by atoms with Gasteiger partial charge >= 0.3 is 7.60 Å². The van der Waals surface area contributed by atoms with E-state index in [4.69, 9.17) is 13.8 Å². The number of rotatable bonds is 6. The van der Waals surface area contributed by atoms with Crippen LogP contribution in [0, 0.1) is 0 Å². The van der Waals surface area contributed by atoms with Gasteiger partial charge in [0.15, 0.2) is 0 Å². The van der Waals surface area contributed by atoms with Crippen LogP contribution in [0.15, 0.2) is 24.3 Å². The second kappa shape index (κ2) is 4.69. The molecule has 2 aliphatic rings. The van der Waals surface area contributed by atoms with Crippen molar-refractivity contribution in [2.45, 2.75) is 38.1 Å². The van der Waals surface area contributed by atoms with Gasteiger partial charge in [-0.2, -0.15) is 0 Å². The van der Waals surface area contributed by atoms with E-state index in [1.54, 1.807) is 0 Å². The predicted molar refractivity (Wildman–Crippen MR) is 66.2 cm³/mol. The topological polar surface area (TPSA) is 48.1 Å². The number of fused-ring (bicyclic) bond motifs is 1. The summed E-state index contributed by atoms with van der Waals surface area (Å²) >= 11 is 0. The molecule has 1 saturated heterocycles. The van der Waals surface area contributed by atoms with Crippen LogP contribution in [0.5, 0.6) is 0 Å². The van der Waals surface area contributed by atoms with E-state index in [9.17, 15) is 4.57 Å². The zero-order chi connectivity index (χ0) is 12.5. The molecule has 5 heteroatoms. The normalized spacial score (nSPS) is 32.3. The Morgan fingerprint density at radius 1 is 1.35 bits per heavy atom. The molecule has 0 saturated carbocycles. The predicted octanol–water partition coefficient (Wildman–Crippen LogP) is 2.90. The van der Waals surface area contributed by atoms with Gasteiger partial charge in [-0.1, -0.05) is 18.2 Å². The van der Waals surface area contributed by atoms with Crippen LogP contribution in [0.2, 0.25) is 0 Å². The second-order valence-corrected chi connectivity index (χ2v) is 6.56. The quantitative estimate of drug-likeness (QED) is 0.543. The molecule has 96 valence electrons. The molecule has 1 fully saturated rings. The smallest absolute Gasteiger partial charge is 0.336 e. The molecule has 0 bridgehead atoms. The van der Waals surface area contributed by atoms with E-state index in [0.29, 0.717) is 13.2 Å². The van der Waals surface area contributed by atoms with Gasteiger partial charge in [0.25, 0.3) is 0 Å². The monoisotopic (exact) mass is 258 g/mol. The highest BCUT2D eigenvalue weighted by Gasteiger charge is 2.63. The van der Waals surface area contributed by atoms with Gasteiger partial charge in [0, 0.05) is 0 Å². The number of ether oxygens (including phenoxy) is 1. The first-order chi connectivity index (χ1) is 8.09. The summed E-state index contributed by atoms with van der Waals surface area (Å²) in [4.78, 5) is 0. The lowest BCUT2D eigenvalue weighted by molar-refractivity contribution is 0.201. The van der Waals surface area contributed by atoms with Gasteiger partial charge in [0.2, 0.25) is 0 Å². The summed E-state index contributed by atoms with van der Waals surface area (Å²) in [6, 6.07) is 0. The zero-order valence-electron chi connectivity index (χ0n) is 10.5. The highest BCUT2D eigenvalue weighted by molar-refractivity contribution is 7.54. The van der Waals surface area contributed by atoms with Crippen LogP contribution in [0.4, 0.5) is 0 Å². The molecule has 0 radical (unpaired) electrons. The lowest BCUT2D eigenvalue weighted by Gasteiger charge is -2.27. The Kier molecular flexibility index (Phi) is 3.60. The minimum Gasteiger partial charge on any atom is -0.356 e. The molecular weight excluding hydrogens is 239 g/mol. The lowest BCUT2D eigenvalue weighted by atomic mass is 9.97. The third-order valence-electron chi connectivity index (χ3n) is 3.22. The molecule has 17 heavy (non-hydrogen) atoms. The van der Waals surface area contributed by atoms with Gasteiger partial charge in [0.05, 0.1) is 18.9 Å². The molecule has 1 aliphatic heterocycles. The van der Waals surface area contributed by atoms with E-state index in [-0.39, 0.29) is 11.8 Å². The van der Waals surface area contributed by atoms with Crippen molar-refractivity contribution in [3.63, 3.8) is 0 Å². The van der Waals surface area contributed by atoms with E-state index in [2.05, 4.69) is 0 Å². The Balaban J connectivity index is 2.18. The Morgan fingerprint density at radius 2 is 2.00 bits per heavy atom. The van der Waals surface area contributed by atoms with Crippen LogP contribution in [0.3, 0.4) is 0 Å². The van der Waals surface area contributed by atoms with E-state index in [1.807, 2.05) is 45.1 Å². The molecule has 0 aromatic rings. The van der Waals surface area contributed by atoms with E-state index in [0.717, 1.165) is 0 Å². The Hall–Kier alpha value is -0.410. The van der Waals surface area contributed by atoms with Crippen molar-refractivity contribution < 1.29 is 18.3 Å². The maximum Gasteiger partial charge on any atom is 0.336 e. The summed E-state index contributed by atoms with van der Waals surface area (Å²) in [5, 5.41) is 0. The molecule has 0 N–H and O–H groups in total. The number of epoxide rings is 1. The minimum absolute atomic E-state index is 0.0109. The standard InChI is InChI=1S/C12H19O4P/c1-4-14-17(13,15-5-2)10(3)12-9-7-6-8-11(12)16-12/h6-11H,4-5H2,1-3H3. The number of hydrogen-bond acceptors (Lipinski definition) is 4. The van der Waals surface area contributed by atoms with Gasteiger partial charge in [0.1, 0.15) is 11.7 Å². The number of hydrogen-bond donors (Lipinski definition) is 0. The van der Waals surface area contributed by atoms with Gasteiger partial charge in [-0.05, 0) is 26.8 Å². The van der Waals surface area contributed by atoms with Gasteiger partial charge in [-0.25, -0.2) is 0 Å². The highest BCUT2D eigenvalue weighted by Crippen LogP contribution is 2.62. The minimum atomic E-state index is -3.11.